The normalized spacial score (nSPS) is 26.4. The zero-order chi connectivity index (χ0) is 16.0. The summed E-state index contributed by atoms with van der Waals surface area (Å²) < 4.78 is 0. The Morgan fingerprint density at radius 2 is 1.91 bits per heavy atom. The van der Waals surface area contributed by atoms with Crippen LogP contribution in [0.5, 0.6) is 0 Å². The molecule has 2 saturated heterocycles. The first-order valence-corrected chi connectivity index (χ1v) is 8.51. The number of hydrogen-bond acceptors (Lipinski definition) is 3. The Kier molecular flexibility index (Phi) is 3.57. The van der Waals surface area contributed by atoms with Gasteiger partial charge in [0.2, 0.25) is 0 Å². The van der Waals surface area contributed by atoms with Gasteiger partial charge in [0.05, 0.1) is 5.52 Å². The summed E-state index contributed by atoms with van der Waals surface area (Å²) in [7, 11) is 1.93. The average Bonchev–Trinajstić information content (AvgIpc) is 2.91. The van der Waals surface area contributed by atoms with Crippen LogP contribution in [0.4, 0.5) is 0 Å². The third-order valence-corrected chi connectivity index (χ3v) is 5.46. The standard InChI is InChI=1S/C19H23N3O/c1-12-9-18(21-17-6-4-3-5-16(12)17)19(23)22(2)15-10-13-7-8-14(11-15)20-13/h3-6,9,13-15,20H,7-8,10-11H2,1-2H3. The number of aryl methyl sites for hydroxylation is 1. The Hall–Kier alpha value is -1.94. The number of carbonyl (C=O) groups is 1. The van der Waals surface area contributed by atoms with Crippen LogP contribution in [0.2, 0.25) is 0 Å². The first-order valence-electron chi connectivity index (χ1n) is 8.51. The molecule has 4 nitrogen and oxygen atoms in total. The van der Waals surface area contributed by atoms with Gasteiger partial charge in [-0.25, -0.2) is 4.98 Å². The molecule has 4 heteroatoms. The predicted molar refractivity (Wildman–Crippen MR) is 91.5 cm³/mol. The molecule has 2 aliphatic heterocycles. The van der Waals surface area contributed by atoms with Crippen molar-refractivity contribution in [3.8, 4) is 0 Å². The minimum atomic E-state index is 0.0464. The molecular weight excluding hydrogens is 286 g/mol. The maximum atomic E-state index is 12.9. The molecule has 1 N–H and O–H groups in total. The van der Waals surface area contributed by atoms with Gasteiger partial charge in [-0.3, -0.25) is 4.79 Å². The number of piperidine rings is 1. The maximum Gasteiger partial charge on any atom is 0.272 e. The molecule has 120 valence electrons. The lowest BCUT2D eigenvalue weighted by atomic mass is 9.98. The highest BCUT2D eigenvalue weighted by atomic mass is 16.2. The van der Waals surface area contributed by atoms with Crippen LogP contribution in [-0.2, 0) is 0 Å². The largest absolute Gasteiger partial charge is 0.337 e. The second kappa shape index (κ2) is 5.60. The van der Waals surface area contributed by atoms with Crippen LogP contribution in [0.15, 0.2) is 30.3 Å². The molecule has 2 aliphatic rings. The number of nitrogens with zero attached hydrogens (tertiary/aromatic N) is 2. The van der Waals surface area contributed by atoms with Gasteiger partial charge in [-0.05, 0) is 50.3 Å². The lowest BCUT2D eigenvalue weighted by Crippen LogP contribution is -2.48. The summed E-state index contributed by atoms with van der Waals surface area (Å²) in [4.78, 5) is 19.4. The lowest BCUT2D eigenvalue weighted by Gasteiger charge is -2.35. The highest BCUT2D eigenvalue weighted by Gasteiger charge is 2.36. The summed E-state index contributed by atoms with van der Waals surface area (Å²) in [5.41, 5.74) is 2.57. The van der Waals surface area contributed by atoms with E-state index in [4.69, 9.17) is 0 Å². The van der Waals surface area contributed by atoms with Crippen molar-refractivity contribution >= 4 is 16.8 Å². The molecular formula is C19H23N3O. The first-order chi connectivity index (χ1) is 11.1. The second-order valence-corrected chi connectivity index (χ2v) is 7.02. The fourth-order valence-electron chi connectivity index (χ4n) is 4.15. The predicted octanol–water partition coefficient (Wildman–Crippen LogP) is 2.90. The van der Waals surface area contributed by atoms with Gasteiger partial charge in [0.15, 0.2) is 0 Å². The molecule has 2 unspecified atom stereocenters. The van der Waals surface area contributed by atoms with E-state index in [2.05, 4.69) is 16.4 Å². The zero-order valence-corrected chi connectivity index (χ0v) is 13.7. The van der Waals surface area contributed by atoms with E-state index in [1.165, 1.54) is 12.8 Å². The third-order valence-electron chi connectivity index (χ3n) is 5.46. The van der Waals surface area contributed by atoms with E-state index >= 15 is 0 Å². The number of amides is 1. The summed E-state index contributed by atoms with van der Waals surface area (Å²) in [6.07, 6.45) is 4.61. The van der Waals surface area contributed by atoms with Gasteiger partial charge in [0.25, 0.3) is 5.91 Å². The van der Waals surface area contributed by atoms with Crippen LogP contribution in [0.3, 0.4) is 0 Å². The molecule has 0 radical (unpaired) electrons. The number of rotatable bonds is 2. The molecule has 2 bridgehead atoms. The smallest absolute Gasteiger partial charge is 0.272 e. The summed E-state index contributed by atoms with van der Waals surface area (Å²) in [6.45, 7) is 2.05. The number of benzene rings is 1. The van der Waals surface area contributed by atoms with Gasteiger partial charge in [0, 0.05) is 30.6 Å². The number of hydrogen-bond donors (Lipinski definition) is 1. The molecule has 1 amide bonds. The van der Waals surface area contributed by atoms with E-state index < -0.39 is 0 Å². The van der Waals surface area contributed by atoms with Crippen LogP contribution in [0.1, 0.15) is 41.7 Å². The summed E-state index contributed by atoms with van der Waals surface area (Å²) in [5, 5.41) is 4.75. The molecule has 2 fully saturated rings. The fourth-order valence-corrected chi connectivity index (χ4v) is 4.15. The van der Waals surface area contributed by atoms with Crippen LogP contribution in [0.25, 0.3) is 10.9 Å². The highest BCUT2D eigenvalue weighted by Crippen LogP contribution is 2.30. The molecule has 1 aromatic heterocycles. The molecule has 0 spiro atoms. The minimum absolute atomic E-state index is 0.0464. The quantitative estimate of drug-likeness (QED) is 0.928. The monoisotopic (exact) mass is 309 g/mol. The van der Waals surface area contributed by atoms with E-state index in [1.807, 2.05) is 43.1 Å². The molecule has 4 rings (SSSR count). The molecule has 2 aromatic rings. The van der Waals surface area contributed by atoms with Crippen molar-refractivity contribution in [2.75, 3.05) is 7.05 Å². The van der Waals surface area contributed by atoms with Gasteiger partial charge in [0.1, 0.15) is 5.69 Å². The lowest BCUT2D eigenvalue weighted by molar-refractivity contribution is 0.0676. The summed E-state index contributed by atoms with van der Waals surface area (Å²) >= 11 is 0. The SMILES string of the molecule is Cc1cc(C(=O)N(C)C2CC3CCC(C2)N3)nc2ccccc12. The number of fused-ring (bicyclic) bond motifs is 3. The van der Waals surface area contributed by atoms with E-state index in [1.54, 1.807) is 0 Å². The van der Waals surface area contributed by atoms with Gasteiger partial charge in [-0.1, -0.05) is 18.2 Å². The number of para-hydroxylation sites is 1. The van der Waals surface area contributed by atoms with Crippen molar-refractivity contribution in [2.45, 2.75) is 50.7 Å². The Bertz CT molecular complexity index is 745. The third kappa shape index (κ3) is 2.61. The Balaban J connectivity index is 1.61. The van der Waals surface area contributed by atoms with Crippen molar-refractivity contribution in [3.05, 3.63) is 41.6 Å². The van der Waals surface area contributed by atoms with Crippen molar-refractivity contribution in [1.82, 2.24) is 15.2 Å². The number of nitrogens with one attached hydrogen (secondary N) is 1. The molecule has 0 aliphatic carbocycles. The molecule has 23 heavy (non-hydrogen) atoms. The van der Waals surface area contributed by atoms with E-state index in [0.29, 0.717) is 23.8 Å². The van der Waals surface area contributed by atoms with Crippen LogP contribution >= 0.6 is 0 Å². The van der Waals surface area contributed by atoms with Crippen LogP contribution < -0.4 is 5.32 Å². The van der Waals surface area contributed by atoms with Gasteiger partial charge in [-0.2, -0.15) is 0 Å². The average molecular weight is 309 g/mol. The topological polar surface area (TPSA) is 45.2 Å². The summed E-state index contributed by atoms with van der Waals surface area (Å²) in [6, 6.07) is 11.4. The van der Waals surface area contributed by atoms with Crippen molar-refractivity contribution in [1.29, 1.82) is 0 Å². The molecule has 0 saturated carbocycles. The number of aromatic nitrogens is 1. The van der Waals surface area contributed by atoms with Crippen LogP contribution in [-0.4, -0.2) is 41.0 Å². The number of pyridine rings is 1. The minimum Gasteiger partial charge on any atom is -0.337 e. The van der Waals surface area contributed by atoms with Crippen molar-refractivity contribution in [3.63, 3.8) is 0 Å². The number of carbonyl (C=O) groups excluding carboxylic acids is 1. The molecule has 2 atom stereocenters. The summed E-state index contributed by atoms with van der Waals surface area (Å²) in [5.74, 6) is 0.0464. The van der Waals surface area contributed by atoms with Crippen molar-refractivity contribution < 1.29 is 4.79 Å². The first kappa shape index (κ1) is 14.6. The fraction of sp³-hybridized carbons (Fsp3) is 0.474. The highest BCUT2D eigenvalue weighted by molar-refractivity contribution is 5.96. The Morgan fingerprint density at radius 3 is 2.65 bits per heavy atom. The Morgan fingerprint density at radius 1 is 1.22 bits per heavy atom. The Labute approximate surface area is 136 Å². The van der Waals surface area contributed by atoms with Gasteiger partial charge >= 0.3 is 0 Å². The zero-order valence-electron chi connectivity index (χ0n) is 13.7. The molecule has 1 aromatic carbocycles. The van der Waals surface area contributed by atoms with Gasteiger partial charge < -0.3 is 10.2 Å². The van der Waals surface area contributed by atoms with Gasteiger partial charge in [-0.15, -0.1) is 0 Å². The van der Waals surface area contributed by atoms with E-state index in [0.717, 1.165) is 29.3 Å². The van der Waals surface area contributed by atoms with Crippen LogP contribution in [0, 0.1) is 6.92 Å². The van der Waals surface area contributed by atoms with E-state index in [-0.39, 0.29) is 5.91 Å². The second-order valence-electron chi connectivity index (χ2n) is 7.02. The molecule has 3 heterocycles. The van der Waals surface area contributed by atoms with Crippen molar-refractivity contribution in [2.24, 2.45) is 0 Å². The maximum absolute atomic E-state index is 12.9. The van der Waals surface area contributed by atoms with E-state index in [9.17, 15) is 4.79 Å².